The predicted molar refractivity (Wildman–Crippen MR) is 159 cm³/mol. The zero-order chi connectivity index (χ0) is 27.9. The summed E-state index contributed by atoms with van der Waals surface area (Å²) < 4.78 is 5.30. The van der Waals surface area contributed by atoms with Crippen LogP contribution in [0.1, 0.15) is 65.8 Å². The monoisotopic (exact) mass is 539 g/mol. The first-order chi connectivity index (χ1) is 19.3. The van der Waals surface area contributed by atoms with Crippen molar-refractivity contribution >= 4 is 11.6 Å². The summed E-state index contributed by atoms with van der Waals surface area (Å²) in [7, 11) is 1.68. The van der Waals surface area contributed by atoms with E-state index < -0.39 is 0 Å². The van der Waals surface area contributed by atoms with Gasteiger partial charge in [-0.3, -0.25) is 19.6 Å². The van der Waals surface area contributed by atoms with Crippen LogP contribution in [0, 0.1) is 5.41 Å². The van der Waals surface area contributed by atoms with Crippen molar-refractivity contribution in [3.05, 3.63) is 89.2 Å². The van der Waals surface area contributed by atoms with Gasteiger partial charge in [0, 0.05) is 68.0 Å². The molecule has 7 heteroatoms. The van der Waals surface area contributed by atoms with Gasteiger partial charge in [0.15, 0.2) is 0 Å². The minimum absolute atomic E-state index is 0.373. The zero-order valence-corrected chi connectivity index (χ0v) is 23.9. The number of piperazine rings is 1. The van der Waals surface area contributed by atoms with E-state index in [1.54, 1.807) is 7.11 Å². The number of hydrogen-bond acceptors (Lipinski definition) is 6. The quantitative estimate of drug-likeness (QED) is 0.442. The number of nitrogens with zero attached hydrogens (tertiary/aromatic N) is 4. The molecule has 1 atom stereocenters. The van der Waals surface area contributed by atoms with Crippen molar-refractivity contribution in [1.82, 2.24) is 14.8 Å². The molecule has 3 aromatic rings. The summed E-state index contributed by atoms with van der Waals surface area (Å²) in [6, 6.07) is 21.9. The number of primary amides is 1. The maximum Gasteiger partial charge on any atom is 0.248 e. The molecule has 2 N–H and O–H groups in total. The van der Waals surface area contributed by atoms with E-state index in [1.165, 1.54) is 29.7 Å². The Labute approximate surface area is 237 Å². The van der Waals surface area contributed by atoms with Crippen LogP contribution in [0.3, 0.4) is 0 Å². The number of benzene rings is 2. The number of ether oxygens (including phenoxy) is 1. The van der Waals surface area contributed by atoms with Crippen molar-refractivity contribution in [1.29, 1.82) is 0 Å². The molecule has 2 aliphatic heterocycles. The molecule has 3 fully saturated rings. The molecule has 1 spiro atoms. The maximum atomic E-state index is 11.4. The van der Waals surface area contributed by atoms with Crippen molar-refractivity contribution < 1.29 is 9.53 Å². The third kappa shape index (κ3) is 5.20. The van der Waals surface area contributed by atoms with Gasteiger partial charge in [0.2, 0.25) is 5.91 Å². The van der Waals surface area contributed by atoms with Gasteiger partial charge in [0.25, 0.3) is 0 Å². The fourth-order valence-corrected chi connectivity index (χ4v) is 7.12. The molecule has 1 aromatic heterocycles. The summed E-state index contributed by atoms with van der Waals surface area (Å²) in [4.78, 5) is 23.9. The molecular formula is C33H41N5O2. The summed E-state index contributed by atoms with van der Waals surface area (Å²) in [5.74, 6) is 0.918. The van der Waals surface area contributed by atoms with E-state index >= 15 is 0 Å². The van der Waals surface area contributed by atoms with E-state index in [4.69, 9.17) is 10.5 Å². The lowest BCUT2D eigenvalue weighted by Gasteiger charge is -2.63. The number of aromatic nitrogens is 1. The fourth-order valence-electron chi connectivity index (χ4n) is 7.12. The van der Waals surface area contributed by atoms with E-state index in [0.29, 0.717) is 29.0 Å². The molecule has 2 aromatic carbocycles. The van der Waals surface area contributed by atoms with E-state index in [1.807, 2.05) is 36.5 Å². The van der Waals surface area contributed by atoms with Crippen LogP contribution < -0.4 is 15.4 Å². The number of pyridine rings is 1. The number of nitrogens with two attached hydrogens (primary N) is 1. The Morgan fingerprint density at radius 1 is 1.05 bits per heavy atom. The van der Waals surface area contributed by atoms with Crippen LogP contribution in [0.2, 0.25) is 0 Å². The van der Waals surface area contributed by atoms with Crippen LogP contribution in [0.5, 0.6) is 5.75 Å². The molecular weight excluding hydrogens is 498 g/mol. The first-order valence-corrected chi connectivity index (χ1v) is 14.5. The Hall–Kier alpha value is -3.42. The molecule has 40 heavy (non-hydrogen) atoms. The van der Waals surface area contributed by atoms with E-state index in [0.717, 1.165) is 50.7 Å². The first kappa shape index (κ1) is 26.8. The minimum atomic E-state index is -0.373. The second-order valence-electron chi connectivity index (χ2n) is 12.3. The molecule has 3 heterocycles. The molecule has 210 valence electrons. The van der Waals surface area contributed by atoms with Crippen molar-refractivity contribution in [3.63, 3.8) is 0 Å². The molecule has 1 aliphatic carbocycles. The fraction of sp³-hybridized carbons (Fsp3) is 0.455. The Balaban J connectivity index is 1.14. The zero-order valence-electron chi connectivity index (χ0n) is 23.9. The van der Waals surface area contributed by atoms with Gasteiger partial charge in [-0.2, -0.15) is 0 Å². The number of anilines is 1. The highest BCUT2D eigenvalue weighted by molar-refractivity contribution is 5.93. The van der Waals surface area contributed by atoms with Crippen LogP contribution in [-0.4, -0.2) is 66.6 Å². The summed E-state index contributed by atoms with van der Waals surface area (Å²) in [5.41, 5.74) is 11.6. The molecule has 1 amide bonds. The molecule has 3 aliphatic rings. The molecule has 7 nitrogen and oxygen atoms in total. The van der Waals surface area contributed by atoms with Gasteiger partial charge in [0.05, 0.1) is 19.0 Å². The van der Waals surface area contributed by atoms with Gasteiger partial charge in [-0.15, -0.1) is 0 Å². The largest absolute Gasteiger partial charge is 0.495 e. The minimum Gasteiger partial charge on any atom is -0.495 e. The molecule has 6 rings (SSSR count). The smallest absolute Gasteiger partial charge is 0.248 e. The molecule has 0 bridgehead atoms. The topological polar surface area (TPSA) is 74.9 Å². The number of rotatable bonds is 8. The van der Waals surface area contributed by atoms with Gasteiger partial charge >= 0.3 is 0 Å². The SMILES string of the molecule is COc1ccc(CN2CCN(C3CC4(C3)CN(c3ccc(C(N)=O)cc3)C4)[C@H](c3ccccc3C(C)C)C2)nc1. The maximum absolute atomic E-state index is 11.4. The summed E-state index contributed by atoms with van der Waals surface area (Å²) in [6.07, 6.45) is 4.32. The number of carbonyl (C=O) groups is 1. The number of hydrogen-bond donors (Lipinski definition) is 1. The van der Waals surface area contributed by atoms with Crippen LogP contribution in [0.4, 0.5) is 5.69 Å². The molecule has 0 unspecified atom stereocenters. The Morgan fingerprint density at radius 2 is 1.80 bits per heavy atom. The molecule has 1 saturated carbocycles. The predicted octanol–water partition coefficient (Wildman–Crippen LogP) is 4.84. The molecule has 0 radical (unpaired) electrons. The second-order valence-corrected chi connectivity index (χ2v) is 12.3. The van der Waals surface area contributed by atoms with Crippen molar-refractivity contribution in [2.45, 2.75) is 51.2 Å². The van der Waals surface area contributed by atoms with Crippen LogP contribution in [-0.2, 0) is 6.54 Å². The Morgan fingerprint density at radius 3 is 2.45 bits per heavy atom. The Kier molecular flexibility index (Phi) is 7.27. The lowest BCUT2D eigenvalue weighted by molar-refractivity contribution is -0.0648. The third-order valence-electron chi connectivity index (χ3n) is 9.28. The van der Waals surface area contributed by atoms with Crippen LogP contribution in [0.15, 0.2) is 66.9 Å². The van der Waals surface area contributed by atoms with Crippen LogP contribution in [0.25, 0.3) is 0 Å². The highest BCUT2D eigenvalue weighted by Crippen LogP contribution is 2.53. The first-order valence-electron chi connectivity index (χ1n) is 14.5. The van der Waals surface area contributed by atoms with E-state index in [2.05, 4.69) is 63.9 Å². The van der Waals surface area contributed by atoms with Gasteiger partial charge in [-0.25, -0.2) is 0 Å². The standard InChI is InChI=1S/C33H41N5O2/c1-23(2)29-6-4-5-7-30(29)31-20-36(19-25-10-13-28(40-3)18-35-25)14-15-38(31)27-16-33(17-27)21-37(22-33)26-11-8-24(9-12-26)32(34)39/h4-13,18,23,27,31H,14-17,19-22H2,1-3H3,(H2,34,39)/t31-/m0/s1. The van der Waals surface area contributed by atoms with E-state index in [-0.39, 0.29) is 5.91 Å². The lowest BCUT2D eigenvalue weighted by Crippen LogP contribution is -2.68. The average molecular weight is 540 g/mol. The van der Waals surface area contributed by atoms with Gasteiger partial charge in [-0.05, 0) is 66.3 Å². The number of amides is 1. The second kappa shape index (κ2) is 10.9. The molecule has 2 saturated heterocycles. The summed E-state index contributed by atoms with van der Waals surface area (Å²) >= 11 is 0. The highest BCUT2D eigenvalue weighted by atomic mass is 16.5. The van der Waals surface area contributed by atoms with Gasteiger partial charge in [0.1, 0.15) is 5.75 Å². The summed E-state index contributed by atoms with van der Waals surface area (Å²) in [5, 5.41) is 0. The van der Waals surface area contributed by atoms with Gasteiger partial charge in [-0.1, -0.05) is 38.1 Å². The lowest BCUT2D eigenvalue weighted by atomic mass is 9.59. The van der Waals surface area contributed by atoms with Gasteiger partial charge < -0.3 is 15.4 Å². The normalized spacial score (nSPS) is 21.3. The number of carbonyl (C=O) groups excluding carboxylic acids is 1. The van der Waals surface area contributed by atoms with Crippen molar-refractivity contribution in [2.75, 3.05) is 44.7 Å². The third-order valence-corrected chi connectivity index (χ3v) is 9.28. The average Bonchev–Trinajstić information content (AvgIpc) is 2.92. The Bertz CT molecular complexity index is 1330. The number of methoxy groups -OCH3 is 1. The van der Waals surface area contributed by atoms with E-state index in [9.17, 15) is 4.79 Å². The van der Waals surface area contributed by atoms with Crippen LogP contribution >= 0.6 is 0 Å². The van der Waals surface area contributed by atoms with Crippen molar-refractivity contribution in [3.8, 4) is 5.75 Å². The van der Waals surface area contributed by atoms with Crippen molar-refractivity contribution in [2.24, 2.45) is 11.1 Å². The highest BCUT2D eigenvalue weighted by Gasteiger charge is 2.55. The summed E-state index contributed by atoms with van der Waals surface area (Å²) in [6.45, 7) is 10.8.